The summed E-state index contributed by atoms with van der Waals surface area (Å²) in [4.78, 5) is 7.08. The molecule has 1 aromatic carbocycles. The summed E-state index contributed by atoms with van der Waals surface area (Å²) in [5.41, 5.74) is 1.56. The van der Waals surface area contributed by atoms with Gasteiger partial charge < -0.3 is 4.90 Å². The molecule has 1 aliphatic heterocycles. The standard InChI is InChI=1S/C19H27N3O2S/c1-3-9-22-10-7-16(8-11-22)14-21-25(23,24)18-6-4-5-17-12-15(2)13-20-19(17)18/h4-6,12-13,16,21H,3,7-11,14H2,1-2H3. The third kappa shape index (κ3) is 4.37. The van der Waals surface area contributed by atoms with E-state index in [1.807, 2.05) is 19.1 Å². The highest BCUT2D eigenvalue weighted by atomic mass is 32.2. The number of pyridine rings is 1. The molecule has 2 heterocycles. The summed E-state index contributed by atoms with van der Waals surface area (Å²) < 4.78 is 28.4. The van der Waals surface area contributed by atoms with Crippen LogP contribution in [0.2, 0.25) is 0 Å². The first kappa shape index (κ1) is 18.3. The van der Waals surface area contributed by atoms with Gasteiger partial charge in [-0.15, -0.1) is 0 Å². The van der Waals surface area contributed by atoms with Gasteiger partial charge in [0.15, 0.2) is 0 Å². The van der Waals surface area contributed by atoms with E-state index in [4.69, 9.17) is 0 Å². The molecule has 0 atom stereocenters. The Morgan fingerprint density at radius 2 is 2.04 bits per heavy atom. The molecule has 0 spiro atoms. The van der Waals surface area contributed by atoms with Crippen molar-refractivity contribution in [2.24, 2.45) is 5.92 Å². The third-order valence-corrected chi connectivity index (χ3v) is 6.36. The molecule has 2 aromatic rings. The molecule has 3 rings (SSSR count). The summed E-state index contributed by atoms with van der Waals surface area (Å²) in [6.45, 7) is 7.92. The minimum absolute atomic E-state index is 0.272. The SMILES string of the molecule is CCCN1CCC(CNS(=O)(=O)c2cccc3cc(C)cnc23)CC1. The Morgan fingerprint density at radius 3 is 2.76 bits per heavy atom. The van der Waals surface area contributed by atoms with E-state index in [0.717, 1.165) is 43.4 Å². The average Bonchev–Trinajstić information content (AvgIpc) is 2.60. The zero-order chi connectivity index (χ0) is 17.9. The number of aryl methyl sites for hydroxylation is 1. The molecule has 1 fully saturated rings. The second-order valence-electron chi connectivity index (χ2n) is 6.98. The van der Waals surface area contributed by atoms with Gasteiger partial charge in [0.2, 0.25) is 10.0 Å². The van der Waals surface area contributed by atoms with Crippen LogP contribution in [0.3, 0.4) is 0 Å². The molecule has 0 radical (unpaired) electrons. The van der Waals surface area contributed by atoms with E-state index in [0.29, 0.717) is 18.0 Å². The summed E-state index contributed by atoms with van der Waals surface area (Å²) >= 11 is 0. The summed E-state index contributed by atoms with van der Waals surface area (Å²) in [6, 6.07) is 7.28. The maximum absolute atomic E-state index is 12.8. The van der Waals surface area contributed by atoms with Gasteiger partial charge in [0, 0.05) is 18.1 Å². The predicted octanol–water partition coefficient (Wildman–Crippen LogP) is 2.94. The Labute approximate surface area is 150 Å². The molecule has 5 nitrogen and oxygen atoms in total. The second kappa shape index (κ2) is 7.81. The molecule has 25 heavy (non-hydrogen) atoms. The van der Waals surface area contributed by atoms with Gasteiger partial charge in [-0.2, -0.15) is 0 Å². The smallest absolute Gasteiger partial charge is 0.242 e. The maximum atomic E-state index is 12.8. The van der Waals surface area contributed by atoms with Gasteiger partial charge in [0.1, 0.15) is 4.90 Å². The van der Waals surface area contributed by atoms with Crippen LogP contribution < -0.4 is 4.72 Å². The lowest BCUT2D eigenvalue weighted by Crippen LogP contribution is -2.38. The van der Waals surface area contributed by atoms with E-state index in [1.54, 1.807) is 18.3 Å². The van der Waals surface area contributed by atoms with Gasteiger partial charge in [0.25, 0.3) is 0 Å². The Kier molecular flexibility index (Phi) is 5.71. The van der Waals surface area contributed by atoms with Crippen LogP contribution in [0.25, 0.3) is 10.9 Å². The summed E-state index contributed by atoms with van der Waals surface area (Å²) in [5, 5.41) is 0.857. The number of aromatic nitrogens is 1. The van der Waals surface area contributed by atoms with Crippen LogP contribution in [0.1, 0.15) is 31.7 Å². The number of hydrogen-bond donors (Lipinski definition) is 1. The molecule has 0 amide bonds. The summed E-state index contributed by atoms with van der Waals surface area (Å²) in [7, 11) is -3.55. The van der Waals surface area contributed by atoms with E-state index in [-0.39, 0.29) is 4.90 Å². The van der Waals surface area contributed by atoms with Crippen molar-refractivity contribution in [2.45, 2.75) is 38.0 Å². The monoisotopic (exact) mass is 361 g/mol. The largest absolute Gasteiger partial charge is 0.303 e. The highest BCUT2D eigenvalue weighted by Gasteiger charge is 2.23. The van der Waals surface area contributed by atoms with Gasteiger partial charge >= 0.3 is 0 Å². The van der Waals surface area contributed by atoms with E-state index in [1.165, 1.54) is 6.42 Å². The van der Waals surface area contributed by atoms with Gasteiger partial charge in [-0.3, -0.25) is 4.98 Å². The molecular weight excluding hydrogens is 334 g/mol. The van der Waals surface area contributed by atoms with Crippen molar-refractivity contribution >= 4 is 20.9 Å². The molecule has 1 aliphatic rings. The quantitative estimate of drug-likeness (QED) is 0.859. The summed E-state index contributed by atoms with van der Waals surface area (Å²) in [5.74, 6) is 0.410. The Hall–Kier alpha value is -1.50. The predicted molar refractivity (Wildman–Crippen MR) is 101 cm³/mol. The molecule has 0 unspecified atom stereocenters. The number of sulfonamides is 1. The minimum Gasteiger partial charge on any atom is -0.303 e. The Balaban J connectivity index is 1.69. The molecule has 0 saturated carbocycles. The van der Waals surface area contributed by atoms with E-state index in [2.05, 4.69) is 21.5 Å². The number of fused-ring (bicyclic) bond motifs is 1. The molecule has 1 aromatic heterocycles. The Bertz CT molecular complexity index is 828. The van der Waals surface area contributed by atoms with Gasteiger partial charge in [-0.25, -0.2) is 13.1 Å². The fraction of sp³-hybridized carbons (Fsp3) is 0.526. The van der Waals surface area contributed by atoms with E-state index < -0.39 is 10.0 Å². The van der Waals surface area contributed by atoms with E-state index in [9.17, 15) is 8.42 Å². The van der Waals surface area contributed by atoms with Crippen molar-refractivity contribution in [3.8, 4) is 0 Å². The first-order valence-corrected chi connectivity index (χ1v) is 10.6. The van der Waals surface area contributed by atoms with Crippen LogP contribution in [-0.4, -0.2) is 44.5 Å². The Morgan fingerprint density at radius 1 is 1.28 bits per heavy atom. The number of likely N-dealkylation sites (tertiary alicyclic amines) is 1. The zero-order valence-corrected chi connectivity index (χ0v) is 15.8. The van der Waals surface area contributed by atoms with Crippen molar-refractivity contribution in [3.63, 3.8) is 0 Å². The van der Waals surface area contributed by atoms with Crippen LogP contribution in [-0.2, 0) is 10.0 Å². The molecule has 136 valence electrons. The fourth-order valence-electron chi connectivity index (χ4n) is 3.50. The molecule has 1 saturated heterocycles. The van der Waals surface area contributed by atoms with Gasteiger partial charge in [-0.1, -0.05) is 19.1 Å². The lowest BCUT2D eigenvalue weighted by Gasteiger charge is -2.31. The second-order valence-corrected chi connectivity index (χ2v) is 8.71. The molecule has 6 heteroatoms. The highest BCUT2D eigenvalue weighted by Crippen LogP contribution is 2.23. The first-order chi connectivity index (χ1) is 12.0. The number of hydrogen-bond acceptors (Lipinski definition) is 4. The molecule has 0 bridgehead atoms. The van der Waals surface area contributed by atoms with Crippen LogP contribution in [0.5, 0.6) is 0 Å². The van der Waals surface area contributed by atoms with Gasteiger partial charge in [-0.05, 0) is 69.4 Å². The third-order valence-electron chi connectivity index (χ3n) is 4.91. The molecule has 1 N–H and O–H groups in total. The maximum Gasteiger partial charge on any atom is 0.242 e. The van der Waals surface area contributed by atoms with Crippen molar-refractivity contribution in [2.75, 3.05) is 26.2 Å². The zero-order valence-electron chi connectivity index (χ0n) is 15.0. The highest BCUT2D eigenvalue weighted by molar-refractivity contribution is 7.89. The number of para-hydroxylation sites is 1. The number of nitrogens with zero attached hydrogens (tertiary/aromatic N) is 2. The first-order valence-electron chi connectivity index (χ1n) is 9.07. The van der Waals surface area contributed by atoms with Crippen molar-refractivity contribution in [3.05, 3.63) is 36.0 Å². The van der Waals surface area contributed by atoms with Crippen LogP contribution >= 0.6 is 0 Å². The number of rotatable bonds is 6. The lowest BCUT2D eigenvalue weighted by atomic mass is 9.97. The summed E-state index contributed by atoms with van der Waals surface area (Å²) in [6.07, 6.45) is 4.99. The number of nitrogens with one attached hydrogen (secondary N) is 1. The minimum atomic E-state index is -3.55. The van der Waals surface area contributed by atoms with Crippen molar-refractivity contribution in [1.29, 1.82) is 0 Å². The molecule has 0 aliphatic carbocycles. The lowest BCUT2D eigenvalue weighted by molar-refractivity contribution is 0.186. The average molecular weight is 362 g/mol. The van der Waals surface area contributed by atoms with Crippen molar-refractivity contribution < 1.29 is 8.42 Å². The van der Waals surface area contributed by atoms with Crippen LogP contribution in [0.15, 0.2) is 35.4 Å². The van der Waals surface area contributed by atoms with Gasteiger partial charge in [0.05, 0.1) is 5.52 Å². The topological polar surface area (TPSA) is 62.3 Å². The number of piperidine rings is 1. The van der Waals surface area contributed by atoms with Crippen LogP contribution in [0, 0.1) is 12.8 Å². The number of benzene rings is 1. The van der Waals surface area contributed by atoms with Crippen molar-refractivity contribution in [1.82, 2.24) is 14.6 Å². The fourth-order valence-corrected chi connectivity index (χ4v) is 4.79. The molecular formula is C19H27N3O2S. The van der Waals surface area contributed by atoms with Crippen LogP contribution in [0.4, 0.5) is 0 Å². The normalized spacial score (nSPS) is 17.2. The van der Waals surface area contributed by atoms with E-state index >= 15 is 0 Å².